The zero-order valence-corrected chi connectivity index (χ0v) is 21.7. The van der Waals surface area contributed by atoms with E-state index in [4.69, 9.17) is 4.98 Å². The van der Waals surface area contributed by atoms with Crippen molar-refractivity contribution in [2.24, 2.45) is 5.92 Å². The summed E-state index contributed by atoms with van der Waals surface area (Å²) in [6, 6.07) is 16.9. The quantitative estimate of drug-likeness (QED) is 0.320. The highest BCUT2D eigenvalue weighted by molar-refractivity contribution is 7.98. The number of thioether (sulfide) groups is 1. The molecular formula is C24H23N3O3S4. The number of thiazole rings is 1. The molecule has 1 amide bonds. The molecule has 1 aliphatic rings. The van der Waals surface area contributed by atoms with Crippen LogP contribution in [0.15, 0.2) is 69.8 Å². The predicted molar refractivity (Wildman–Crippen MR) is 141 cm³/mol. The molecule has 4 aromatic rings. The zero-order chi connectivity index (χ0) is 23.7. The Hall–Kier alpha value is -2.24. The van der Waals surface area contributed by atoms with E-state index >= 15 is 0 Å². The molecule has 0 bridgehead atoms. The molecule has 0 spiro atoms. The van der Waals surface area contributed by atoms with Crippen molar-refractivity contribution in [1.82, 2.24) is 9.29 Å². The third kappa shape index (κ3) is 4.65. The third-order valence-electron chi connectivity index (χ3n) is 5.95. The fourth-order valence-electron chi connectivity index (χ4n) is 4.03. The molecule has 0 atom stereocenters. The molecule has 34 heavy (non-hydrogen) atoms. The second-order valence-electron chi connectivity index (χ2n) is 7.99. The number of nitrogens with zero attached hydrogens (tertiary/aromatic N) is 2. The number of anilines is 1. The van der Waals surface area contributed by atoms with Gasteiger partial charge in [0.05, 0.1) is 15.1 Å². The monoisotopic (exact) mass is 529 g/mol. The summed E-state index contributed by atoms with van der Waals surface area (Å²) in [5.74, 6) is -0.290. The Morgan fingerprint density at radius 1 is 1.09 bits per heavy atom. The Labute approximate surface area is 211 Å². The van der Waals surface area contributed by atoms with Crippen LogP contribution in [0, 0.1) is 5.92 Å². The molecular weight excluding hydrogens is 507 g/mol. The number of nitrogens with one attached hydrogen (secondary N) is 1. The summed E-state index contributed by atoms with van der Waals surface area (Å²) in [5.41, 5.74) is 1.87. The number of carbonyl (C=O) groups is 1. The number of fused-ring (bicyclic) bond motifs is 1. The highest BCUT2D eigenvalue weighted by Crippen LogP contribution is 2.38. The maximum atomic E-state index is 13.0. The van der Waals surface area contributed by atoms with Gasteiger partial charge in [-0.15, -0.1) is 34.4 Å². The van der Waals surface area contributed by atoms with Gasteiger partial charge in [-0.05, 0) is 66.9 Å². The van der Waals surface area contributed by atoms with E-state index in [1.807, 2.05) is 54.1 Å². The first-order chi connectivity index (χ1) is 16.5. The second kappa shape index (κ2) is 9.79. The molecule has 1 N–H and O–H groups in total. The van der Waals surface area contributed by atoms with Gasteiger partial charge in [-0.2, -0.15) is 4.31 Å². The molecule has 1 aliphatic heterocycles. The van der Waals surface area contributed by atoms with E-state index in [9.17, 15) is 13.2 Å². The Kier molecular flexibility index (Phi) is 6.76. The lowest BCUT2D eigenvalue weighted by atomic mass is 9.97. The van der Waals surface area contributed by atoms with Gasteiger partial charge >= 0.3 is 0 Å². The van der Waals surface area contributed by atoms with Crippen LogP contribution in [0.4, 0.5) is 5.00 Å². The Bertz CT molecular complexity index is 1390. The minimum atomic E-state index is -3.55. The molecule has 0 radical (unpaired) electrons. The molecule has 0 aliphatic carbocycles. The predicted octanol–water partition coefficient (Wildman–Crippen LogP) is 5.79. The van der Waals surface area contributed by atoms with E-state index in [2.05, 4.69) is 5.32 Å². The van der Waals surface area contributed by atoms with Gasteiger partial charge in [-0.1, -0.05) is 12.1 Å². The number of benzene rings is 2. The number of amides is 1. The average Bonchev–Trinajstić information content (AvgIpc) is 3.50. The van der Waals surface area contributed by atoms with Crippen LogP contribution in [0.2, 0.25) is 0 Å². The number of aromatic nitrogens is 1. The number of rotatable bonds is 6. The second-order valence-corrected chi connectivity index (χ2v) is 12.8. The van der Waals surface area contributed by atoms with Crippen molar-refractivity contribution in [3.63, 3.8) is 0 Å². The number of thiophene rings is 1. The highest BCUT2D eigenvalue weighted by Gasteiger charge is 2.32. The van der Waals surface area contributed by atoms with E-state index in [1.54, 1.807) is 35.2 Å². The molecule has 3 heterocycles. The van der Waals surface area contributed by atoms with E-state index in [0.717, 1.165) is 30.7 Å². The Morgan fingerprint density at radius 2 is 1.82 bits per heavy atom. The molecule has 176 valence electrons. The number of hydrogen-bond acceptors (Lipinski definition) is 7. The summed E-state index contributed by atoms with van der Waals surface area (Å²) in [6.45, 7) is 0.666. The minimum absolute atomic E-state index is 0.0637. The highest BCUT2D eigenvalue weighted by atomic mass is 32.2. The third-order valence-corrected chi connectivity index (χ3v) is 10.5. The number of para-hydroxylation sites is 1. The summed E-state index contributed by atoms with van der Waals surface area (Å²) in [5, 5.41) is 6.70. The minimum Gasteiger partial charge on any atom is -0.317 e. The first kappa shape index (κ1) is 23.5. The van der Waals surface area contributed by atoms with Crippen molar-refractivity contribution in [2.75, 3.05) is 24.7 Å². The van der Waals surface area contributed by atoms with Gasteiger partial charge < -0.3 is 5.32 Å². The van der Waals surface area contributed by atoms with Gasteiger partial charge in [0.15, 0.2) is 0 Å². The zero-order valence-electron chi connectivity index (χ0n) is 18.4. The van der Waals surface area contributed by atoms with Gasteiger partial charge in [0, 0.05) is 29.5 Å². The van der Waals surface area contributed by atoms with E-state index < -0.39 is 10.0 Å². The lowest BCUT2D eigenvalue weighted by Gasteiger charge is -2.30. The van der Waals surface area contributed by atoms with Crippen LogP contribution in [0.1, 0.15) is 12.8 Å². The summed E-state index contributed by atoms with van der Waals surface area (Å²) in [4.78, 5) is 19.1. The SMILES string of the molecule is CSc1ccc(S(=O)(=O)N2CCC(C(=O)Nc3sccc3-c3nc4ccccc4s3)CC2)cc1. The molecule has 5 rings (SSSR count). The van der Waals surface area contributed by atoms with Crippen LogP contribution >= 0.6 is 34.4 Å². The topological polar surface area (TPSA) is 79.4 Å². The first-order valence-electron chi connectivity index (χ1n) is 10.8. The molecule has 10 heteroatoms. The maximum absolute atomic E-state index is 13.0. The van der Waals surface area contributed by atoms with E-state index in [-0.39, 0.29) is 11.8 Å². The van der Waals surface area contributed by atoms with Gasteiger partial charge in [0.2, 0.25) is 15.9 Å². The van der Waals surface area contributed by atoms with Crippen LogP contribution in [0.25, 0.3) is 20.8 Å². The average molecular weight is 530 g/mol. The summed E-state index contributed by atoms with van der Waals surface area (Å²) < 4.78 is 28.6. The van der Waals surface area contributed by atoms with Gasteiger partial charge in [0.25, 0.3) is 0 Å². The Morgan fingerprint density at radius 3 is 2.53 bits per heavy atom. The van der Waals surface area contributed by atoms with Crippen LogP contribution in [-0.2, 0) is 14.8 Å². The number of carbonyl (C=O) groups excluding carboxylic acids is 1. The lowest BCUT2D eigenvalue weighted by molar-refractivity contribution is -0.120. The molecule has 2 aromatic carbocycles. The normalized spacial score (nSPS) is 15.6. The van der Waals surface area contributed by atoms with Crippen molar-refractivity contribution in [1.29, 1.82) is 0 Å². The summed E-state index contributed by atoms with van der Waals surface area (Å²) in [7, 11) is -3.55. The number of hydrogen-bond donors (Lipinski definition) is 1. The van der Waals surface area contributed by atoms with Crippen molar-refractivity contribution in [3.05, 3.63) is 60.0 Å². The van der Waals surface area contributed by atoms with Crippen molar-refractivity contribution < 1.29 is 13.2 Å². The fourth-order valence-corrected chi connectivity index (χ4v) is 7.76. The molecule has 1 saturated heterocycles. The molecule has 6 nitrogen and oxygen atoms in total. The molecule has 0 saturated carbocycles. The van der Waals surface area contributed by atoms with E-state index in [0.29, 0.717) is 30.8 Å². The van der Waals surface area contributed by atoms with Crippen molar-refractivity contribution >= 4 is 65.6 Å². The smallest absolute Gasteiger partial charge is 0.243 e. The number of sulfonamides is 1. The van der Waals surface area contributed by atoms with Crippen LogP contribution in [-0.4, -0.2) is 43.0 Å². The summed E-state index contributed by atoms with van der Waals surface area (Å²) >= 11 is 4.66. The first-order valence-corrected chi connectivity index (χ1v) is 15.2. The van der Waals surface area contributed by atoms with E-state index in [1.165, 1.54) is 15.6 Å². The van der Waals surface area contributed by atoms with Crippen molar-refractivity contribution in [2.45, 2.75) is 22.6 Å². The lowest BCUT2D eigenvalue weighted by Crippen LogP contribution is -2.41. The Balaban J connectivity index is 1.24. The largest absolute Gasteiger partial charge is 0.317 e. The fraction of sp³-hybridized carbons (Fsp3) is 0.250. The van der Waals surface area contributed by atoms with Gasteiger partial charge in [-0.25, -0.2) is 13.4 Å². The van der Waals surface area contributed by atoms with Crippen LogP contribution < -0.4 is 5.32 Å². The summed E-state index contributed by atoms with van der Waals surface area (Å²) in [6.07, 6.45) is 2.95. The molecule has 1 fully saturated rings. The van der Waals surface area contributed by atoms with Crippen molar-refractivity contribution in [3.8, 4) is 10.6 Å². The van der Waals surface area contributed by atoms with Crippen LogP contribution in [0.3, 0.4) is 0 Å². The standard InChI is InChI=1S/C24H23N3O3S4/c1-31-17-6-8-18(9-7-17)34(29,30)27-13-10-16(11-14-27)22(28)26-23-19(12-15-32-23)24-25-20-4-2-3-5-21(20)33-24/h2-9,12,15-16H,10-11,13-14H2,1H3,(H,26,28). The molecule has 2 aromatic heterocycles. The number of piperidine rings is 1. The van der Waals surface area contributed by atoms with Gasteiger partial charge in [-0.3, -0.25) is 4.79 Å². The van der Waals surface area contributed by atoms with Crippen LogP contribution in [0.5, 0.6) is 0 Å². The molecule has 0 unspecified atom stereocenters. The maximum Gasteiger partial charge on any atom is 0.243 e. The van der Waals surface area contributed by atoms with Gasteiger partial charge in [0.1, 0.15) is 10.0 Å².